The number of aromatic nitrogens is 2. The van der Waals surface area contributed by atoms with Gasteiger partial charge >= 0.3 is 0 Å². The summed E-state index contributed by atoms with van der Waals surface area (Å²) in [5, 5.41) is 0. The SMILES string of the molecule is CCCOc1ccc(-c2nccc(=O)[nH]2)cc1. The molecule has 0 saturated heterocycles. The van der Waals surface area contributed by atoms with Crippen molar-refractivity contribution in [1.29, 1.82) is 0 Å². The van der Waals surface area contributed by atoms with Gasteiger partial charge in [-0.3, -0.25) is 4.79 Å². The van der Waals surface area contributed by atoms with Crippen LogP contribution in [0, 0.1) is 0 Å². The van der Waals surface area contributed by atoms with Gasteiger partial charge in [0.05, 0.1) is 6.61 Å². The Morgan fingerprint density at radius 3 is 2.65 bits per heavy atom. The molecule has 17 heavy (non-hydrogen) atoms. The number of H-pyrrole nitrogens is 1. The zero-order valence-corrected chi connectivity index (χ0v) is 9.64. The molecule has 88 valence electrons. The predicted molar refractivity (Wildman–Crippen MR) is 66.1 cm³/mol. The van der Waals surface area contributed by atoms with Crippen LogP contribution in [-0.2, 0) is 0 Å². The van der Waals surface area contributed by atoms with Crippen LogP contribution in [0.1, 0.15) is 13.3 Å². The molecule has 4 nitrogen and oxygen atoms in total. The van der Waals surface area contributed by atoms with E-state index >= 15 is 0 Å². The van der Waals surface area contributed by atoms with Gasteiger partial charge in [0.25, 0.3) is 5.56 Å². The summed E-state index contributed by atoms with van der Waals surface area (Å²) in [6.45, 7) is 2.77. The standard InChI is InChI=1S/C13H14N2O2/c1-2-9-17-11-5-3-10(4-6-11)13-14-8-7-12(16)15-13/h3-8H,2,9H2,1H3,(H,14,15,16). The highest BCUT2D eigenvalue weighted by molar-refractivity contribution is 5.55. The molecule has 0 fully saturated rings. The van der Waals surface area contributed by atoms with Crippen molar-refractivity contribution in [3.8, 4) is 17.1 Å². The van der Waals surface area contributed by atoms with Crippen LogP contribution in [0.3, 0.4) is 0 Å². The van der Waals surface area contributed by atoms with Crippen molar-refractivity contribution in [2.45, 2.75) is 13.3 Å². The van der Waals surface area contributed by atoms with Crippen molar-refractivity contribution in [2.24, 2.45) is 0 Å². The Morgan fingerprint density at radius 2 is 2.00 bits per heavy atom. The fraction of sp³-hybridized carbons (Fsp3) is 0.231. The van der Waals surface area contributed by atoms with E-state index in [2.05, 4.69) is 16.9 Å². The Bertz CT molecular complexity index is 532. The first kappa shape index (κ1) is 11.4. The number of hydrogen-bond acceptors (Lipinski definition) is 3. The maximum absolute atomic E-state index is 11.2. The minimum Gasteiger partial charge on any atom is -0.494 e. The average Bonchev–Trinajstić information content (AvgIpc) is 2.37. The van der Waals surface area contributed by atoms with E-state index in [1.54, 1.807) is 0 Å². The molecular weight excluding hydrogens is 216 g/mol. The number of nitrogens with one attached hydrogen (secondary N) is 1. The Hall–Kier alpha value is -2.10. The van der Waals surface area contributed by atoms with Crippen LogP contribution >= 0.6 is 0 Å². The van der Waals surface area contributed by atoms with Crippen molar-refractivity contribution >= 4 is 0 Å². The third-order valence-electron chi connectivity index (χ3n) is 2.27. The first-order valence-corrected chi connectivity index (χ1v) is 5.58. The second-order valence-corrected chi connectivity index (χ2v) is 3.66. The summed E-state index contributed by atoms with van der Waals surface area (Å²) >= 11 is 0. The van der Waals surface area contributed by atoms with Crippen LogP contribution < -0.4 is 10.3 Å². The molecule has 0 saturated carbocycles. The molecule has 0 unspecified atom stereocenters. The second kappa shape index (κ2) is 5.30. The molecule has 0 radical (unpaired) electrons. The molecule has 0 atom stereocenters. The molecule has 0 bridgehead atoms. The highest BCUT2D eigenvalue weighted by atomic mass is 16.5. The third-order valence-corrected chi connectivity index (χ3v) is 2.27. The topological polar surface area (TPSA) is 55.0 Å². The van der Waals surface area contributed by atoms with Gasteiger partial charge in [-0.25, -0.2) is 4.98 Å². The molecule has 1 N–H and O–H groups in total. The molecule has 0 amide bonds. The van der Waals surface area contributed by atoms with E-state index < -0.39 is 0 Å². The lowest BCUT2D eigenvalue weighted by molar-refractivity contribution is 0.317. The lowest BCUT2D eigenvalue weighted by Gasteiger charge is -2.05. The number of hydrogen-bond donors (Lipinski definition) is 1. The maximum Gasteiger partial charge on any atom is 0.251 e. The van der Waals surface area contributed by atoms with Crippen LogP contribution in [-0.4, -0.2) is 16.6 Å². The summed E-state index contributed by atoms with van der Waals surface area (Å²) < 4.78 is 5.48. The molecule has 0 aliphatic rings. The predicted octanol–water partition coefficient (Wildman–Crippen LogP) is 2.23. The highest BCUT2D eigenvalue weighted by Gasteiger charge is 2.00. The molecule has 1 aromatic carbocycles. The highest BCUT2D eigenvalue weighted by Crippen LogP contribution is 2.18. The van der Waals surface area contributed by atoms with Crippen molar-refractivity contribution in [3.05, 3.63) is 46.9 Å². The zero-order valence-electron chi connectivity index (χ0n) is 9.64. The summed E-state index contributed by atoms with van der Waals surface area (Å²) in [5.74, 6) is 1.40. The van der Waals surface area contributed by atoms with Gasteiger partial charge in [-0.1, -0.05) is 6.92 Å². The summed E-state index contributed by atoms with van der Waals surface area (Å²) in [6, 6.07) is 8.89. The second-order valence-electron chi connectivity index (χ2n) is 3.66. The normalized spacial score (nSPS) is 10.2. The minimum atomic E-state index is -0.152. The van der Waals surface area contributed by atoms with Crippen molar-refractivity contribution < 1.29 is 4.74 Å². The molecule has 0 spiro atoms. The Morgan fingerprint density at radius 1 is 1.24 bits per heavy atom. The van der Waals surface area contributed by atoms with Crippen LogP contribution in [0.25, 0.3) is 11.4 Å². The first-order chi connectivity index (χ1) is 8.29. The van der Waals surface area contributed by atoms with Crippen LogP contribution in [0.2, 0.25) is 0 Å². The van der Waals surface area contributed by atoms with E-state index in [-0.39, 0.29) is 5.56 Å². The fourth-order valence-electron chi connectivity index (χ4n) is 1.45. The van der Waals surface area contributed by atoms with Crippen molar-refractivity contribution in [3.63, 3.8) is 0 Å². The van der Waals surface area contributed by atoms with E-state index in [4.69, 9.17) is 4.74 Å². The van der Waals surface area contributed by atoms with Gasteiger partial charge < -0.3 is 9.72 Å². The summed E-state index contributed by atoms with van der Waals surface area (Å²) in [4.78, 5) is 17.9. The molecular formula is C13H14N2O2. The largest absolute Gasteiger partial charge is 0.494 e. The average molecular weight is 230 g/mol. The van der Waals surface area contributed by atoms with E-state index in [1.165, 1.54) is 12.3 Å². The van der Waals surface area contributed by atoms with Crippen molar-refractivity contribution in [2.75, 3.05) is 6.61 Å². The van der Waals surface area contributed by atoms with Gasteiger partial charge in [-0.05, 0) is 30.7 Å². The zero-order chi connectivity index (χ0) is 12.1. The molecule has 2 aromatic rings. The van der Waals surface area contributed by atoms with E-state index in [0.717, 1.165) is 17.7 Å². The maximum atomic E-state index is 11.2. The van der Waals surface area contributed by atoms with Gasteiger partial charge in [0, 0.05) is 17.8 Å². The van der Waals surface area contributed by atoms with Gasteiger partial charge in [0.15, 0.2) is 0 Å². The Kier molecular flexibility index (Phi) is 3.55. The van der Waals surface area contributed by atoms with Gasteiger partial charge in [-0.15, -0.1) is 0 Å². The number of benzene rings is 1. The van der Waals surface area contributed by atoms with Gasteiger partial charge in [0.2, 0.25) is 0 Å². The fourth-order valence-corrected chi connectivity index (χ4v) is 1.45. The van der Waals surface area contributed by atoms with Gasteiger partial charge in [-0.2, -0.15) is 0 Å². The summed E-state index contributed by atoms with van der Waals surface area (Å²) in [6.07, 6.45) is 2.48. The quantitative estimate of drug-likeness (QED) is 0.876. The van der Waals surface area contributed by atoms with Crippen LogP contribution in [0.5, 0.6) is 5.75 Å². The third kappa shape index (κ3) is 2.93. The van der Waals surface area contributed by atoms with E-state index in [0.29, 0.717) is 12.4 Å². The summed E-state index contributed by atoms with van der Waals surface area (Å²) in [5.41, 5.74) is 0.716. The molecule has 1 aromatic heterocycles. The molecule has 2 rings (SSSR count). The minimum absolute atomic E-state index is 0.152. The van der Waals surface area contributed by atoms with E-state index in [9.17, 15) is 4.79 Å². The summed E-state index contributed by atoms with van der Waals surface area (Å²) in [7, 11) is 0. The molecule has 0 aliphatic carbocycles. The van der Waals surface area contributed by atoms with Gasteiger partial charge in [0.1, 0.15) is 11.6 Å². The van der Waals surface area contributed by atoms with Crippen LogP contribution in [0.4, 0.5) is 0 Å². The number of nitrogens with zero attached hydrogens (tertiary/aromatic N) is 1. The van der Waals surface area contributed by atoms with Crippen molar-refractivity contribution in [1.82, 2.24) is 9.97 Å². The molecule has 4 heteroatoms. The molecule has 0 aliphatic heterocycles. The lowest BCUT2D eigenvalue weighted by Crippen LogP contribution is -2.05. The van der Waals surface area contributed by atoms with Crippen LogP contribution in [0.15, 0.2) is 41.3 Å². The number of rotatable bonds is 4. The Labute approximate surface area is 99.3 Å². The monoisotopic (exact) mass is 230 g/mol. The molecule has 1 heterocycles. The number of aromatic amines is 1. The first-order valence-electron chi connectivity index (χ1n) is 5.58. The Balaban J connectivity index is 2.20. The number of ether oxygens (including phenoxy) is 1. The smallest absolute Gasteiger partial charge is 0.251 e. The van der Waals surface area contributed by atoms with E-state index in [1.807, 2.05) is 24.3 Å². The lowest BCUT2D eigenvalue weighted by atomic mass is 10.2.